The number of benzene rings is 1. The maximum atomic E-state index is 6.85. The first-order valence-corrected chi connectivity index (χ1v) is 5.99. The number of oxazole rings is 1. The summed E-state index contributed by atoms with van der Waals surface area (Å²) in [5.41, 5.74) is 2.78. The van der Waals surface area contributed by atoms with Crippen molar-refractivity contribution in [2.45, 2.75) is 6.54 Å². The molecule has 0 bridgehead atoms. The van der Waals surface area contributed by atoms with Crippen molar-refractivity contribution in [2.24, 2.45) is 0 Å². The van der Waals surface area contributed by atoms with Gasteiger partial charge in [-0.05, 0) is 30.3 Å². The fourth-order valence-corrected chi connectivity index (χ4v) is 2.03. The molecule has 0 saturated heterocycles. The molecule has 2 heterocycles. The van der Waals surface area contributed by atoms with E-state index in [-0.39, 0.29) is 6.54 Å². The van der Waals surface area contributed by atoms with Gasteiger partial charge in [0.1, 0.15) is 0 Å². The molecule has 0 saturated carbocycles. The van der Waals surface area contributed by atoms with Crippen molar-refractivity contribution < 1.29 is 4.42 Å². The van der Waals surface area contributed by atoms with Gasteiger partial charge >= 0.3 is 0 Å². The number of fused-ring (bicyclic) bond motifs is 1. The van der Waals surface area contributed by atoms with Gasteiger partial charge in [-0.25, -0.2) is 11.6 Å². The Morgan fingerprint density at radius 2 is 2.21 bits per heavy atom. The van der Waals surface area contributed by atoms with Gasteiger partial charge in [0.2, 0.25) is 12.4 Å². The average molecular weight is 270 g/mol. The predicted molar refractivity (Wildman–Crippen MR) is 72.6 cm³/mol. The monoisotopic (exact) mass is 269 g/mol. The Balaban J connectivity index is 2.06. The van der Waals surface area contributed by atoms with Crippen LogP contribution in [-0.2, 0) is 6.54 Å². The molecule has 0 radical (unpaired) electrons. The summed E-state index contributed by atoms with van der Waals surface area (Å²) in [6, 6.07) is 9.03. The van der Waals surface area contributed by atoms with Crippen LogP contribution >= 0.6 is 11.6 Å². The van der Waals surface area contributed by atoms with Crippen LogP contribution in [0, 0.1) is 6.57 Å². The summed E-state index contributed by atoms with van der Waals surface area (Å²) in [5, 5.41) is 0.545. The highest BCUT2D eigenvalue weighted by molar-refractivity contribution is 6.31. The molecule has 0 N–H and O–H groups in total. The molecule has 4 nitrogen and oxygen atoms in total. The third-order valence-electron chi connectivity index (χ3n) is 2.71. The largest absolute Gasteiger partial charge is 0.434 e. The van der Waals surface area contributed by atoms with Gasteiger partial charge in [0.15, 0.2) is 11.2 Å². The van der Waals surface area contributed by atoms with Crippen molar-refractivity contribution in [3.05, 3.63) is 58.5 Å². The molecular formula is C14H8ClN3O. The van der Waals surface area contributed by atoms with Crippen LogP contribution in [0.2, 0.25) is 5.02 Å². The second kappa shape index (κ2) is 4.71. The van der Waals surface area contributed by atoms with E-state index < -0.39 is 0 Å². The lowest BCUT2D eigenvalue weighted by Crippen LogP contribution is -1.84. The zero-order valence-electron chi connectivity index (χ0n) is 9.80. The van der Waals surface area contributed by atoms with Gasteiger partial charge < -0.3 is 9.26 Å². The topological polar surface area (TPSA) is 43.3 Å². The van der Waals surface area contributed by atoms with Crippen LogP contribution in [0.5, 0.6) is 0 Å². The summed E-state index contributed by atoms with van der Waals surface area (Å²) in [4.78, 5) is 11.7. The van der Waals surface area contributed by atoms with Gasteiger partial charge in [0.05, 0.1) is 5.02 Å². The molecule has 0 aliphatic heterocycles. The van der Waals surface area contributed by atoms with Crippen molar-refractivity contribution in [1.82, 2.24) is 9.97 Å². The minimum Gasteiger partial charge on any atom is -0.434 e. The molecule has 0 amide bonds. The van der Waals surface area contributed by atoms with Crippen molar-refractivity contribution >= 4 is 22.8 Å². The standard InChI is InChI=1S/C14H8ClN3O/c1-16-8-10-5-4-9(7-11(10)15)14-18-13-12(19-14)3-2-6-17-13/h2-7H,8H2. The van der Waals surface area contributed by atoms with E-state index >= 15 is 0 Å². The zero-order chi connectivity index (χ0) is 13.2. The Labute approximate surface area is 114 Å². The quantitative estimate of drug-likeness (QED) is 0.661. The van der Waals surface area contributed by atoms with Gasteiger partial charge in [-0.1, -0.05) is 11.6 Å². The Morgan fingerprint density at radius 3 is 2.95 bits per heavy atom. The Kier molecular flexibility index (Phi) is 2.90. The van der Waals surface area contributed by atoms with E-state index in [9.17, 15) is 0 Å². The maximum absolute atomic E-state index is 6.85. The molecule has 3 rings (SSSR count). The van der Waals surface area contributed by atoms with Gasteiger partial charge in [-0.3, -0.25) is 0 Å². The van der Waals surface area contributed by atoms with Crippen LogP contribution in [0.15, 0.2) is 40.9 Å². The summed E-state index contributed by atoms with van der Waals surface area (Å²) in [7, 11) is 0. The van der Waals surface area contributed by atoms with E-state index in [0.29, 0.717) is 22.1 Å². The molecule has 0 unspecified atom stereocenters. The van der Waals surface area contributed by atoms with Crippen LogP contribution < -0.4 is 0 Å². The lowest BCUT2D eigenvalue weighted by molar-refractivity contribution is 0.619. The van der Waals surface area contributed by atoms with Gasteiger partial charge in [0.25, 0.3) is 0 Å². The molecular weight excluding hydrogens is 262 g/mol. The number of hydrogen-bond acceptors (Lipinski definition) is 3. The number of nitrogens with zero attached hydrogens (tertiary/aromatic N) is 3. The highest BCUT2D eigenvalue weighted by Crippen LogP contribution is 2.27. The molecule has 0 spiro atoms. The first kappa shape index (κ1) is 11.7. The number of hydrogen-bond donors (Lipinski definition) is 0. The van der Waals surface area contributed by atoms with Gasteiger partial charge in [0, 0.05) is 17.3 Å². The lowest BCUT2D eigenvalue weighted by Gasteiger charge is -1.99. The Hall–Kier alpha value is -2.38. The molecule has 0 aliphatic rings. The third kappa shape index (κ3) is 2.16. The van der Waals surface area contributed by atoms with E-state index in [2.05, 4.69) is 14.8 Å². The minimum absolute atomic E-state index is 0.272. The van der Waals surface area contributed by atoms with Crippen LogP contribution in [0.25, 0.3) is 27.5 Å². The molecule has 92 valence electrons. The summed E-state index contributed by atoms with van der Waals surface area (Å²) in [5.74, 6) is 0.477. The average Bonchev–Trinajstić information content (AvgIpc) is 2.85. The van der Waals surface area contributed by atoms with Crippen molar-refractivity contribution in [2.75, 3.05) is 0 Å². The number of pyridine rings is 1. The Bertz CT molecular complexity index is 756. The second-order valence-corrected chi connectivity index (χ2v) is 4.37. The van der Waals surface area contributed by atoms with Crippen LogP contribution in [0.1, 0.15) is 5.56 Å². The van der Waals surface area contributed by atoms with Crippen LogP contribution in [0.4, 0.5) is 0 Å². The molecule has 5 heteroatoms. The van der Waals surface area contributed by atoms with Gasteiger partial charge in [-0.15, -0.1) is 0 Å². The highest BCUT2D eigenvalue weighted by Gasteiger charge is 2.11. The van der Waals surface area contributed by atoms with E-state index in [0.717, 1.165) is 11.1 Å². The molecule has 0 fully saturated rings. The SMILES string of the molecule is [C-]#[N+]Cc1ccc(-c2nc3ncccc3o2)cc1Cl. The van der Waals surface area contributed by atoms with Crippen molar-refractivity contribution in [3.63, 3.8) is 0 Å². The number of halogens is 1. The fourth-order valence-electron chi connectivity index (χ4n) is 1.79. The molecule has 0 aliphatic carbocycles. The second-order valence-electron chi connectivity index (χ2n) is 3.97. The predicted octanol–water partition coefficient (Wildman–Crippen LogP) is 3.96. The summed E-state index contributed by atoms with van der Waals surface area (Å²) in [6.07, 6.45) is 1.67. The molecule has 19 heavy (non-hydrogen) atoms. The summed E-state index contributed by atoms with van der Waals surface area (Å²) >= 11 is 6.13. The van der Waals surface area contributed by atoms with Crippen molar-refractivity contribution in [1.29, 1.82) is 0 Å². The van der Waals surface area contributed by atoms with Crippen LogP contribution in [-0.4, -0.2) is 9.97 Å². The third-order valence-corrected chi connectivity index (χ3v) is 3.07. The number of rotatable bonds is 2. The first-order chi connectivity index (χ1) is 9.28. The van der Waals surface area contributed by atoms with E-state index in [4.69, 9.17) is 22.6 Å². The zero-order valence-corrected chi connectivity index (χ0v) is 10.6. The fraction of sp³-hybridized carbons (Fsp3) is 0.0714. The normalized spacial score (nSPS) is 10.5. The highest BCUT2D eigenvalue weighted by atomic mass is 35.5. The van der Waals surface area contributed by atoms with Crippen molar-refractivity contribution in [3.8, 4) is 11.5 Å². The van der Waals surface area contributed by atoms with Gasteiger partial charge in [-0.2, -0.15) is 4.98 Å². The minimum atomic E-state index is 0.272. The Morgan fingerprint density at radius 1 is 1.32 bits per heavy atom. The van der Waals surface area contributed by atoms with Crippen LogP contribution in [0.3, 0.4) is 0 Å². The van der Waals surface area contributed by atoms with E-state index in [1.54, 1.807) is 18.3 Å². The smallest absolute Gasteiger partial charge is 0.241 e. The summed E-state index contributed by atoms with van der Waals surface area (Å²) in [6.45, 7) is 7.13. The molecule has 3 aromatic rings. The first-order valence-electron chi connectivity index (χ1n) is 5.61. The van der Waals surface area contributed by atoms with E-state index in [1.165, 1.54) is 0 Å². The van der Waals surface area contributed by atoms with E-state index in [1.807, 2.05) is 18.2 Å². The molecule has 1 aromatic carbocycles. The lowest BCUT2D eigenvalue weighted by atomic mass is 10.1. The maximum Gasteiger partial charge on any atom is 0.241 e. The summed E-state index contributed by atoms with van der Waals surface area (Å²) < 4.78 is 5.62. The number of aromatic nitrogens is 2. The molecule has 2 aromatic heterocycles. The molecule has 0 atom stereocenters.